The van der Waals surface area contributed by atoms with Crippen molar-refractivity contribution in [2.45, 2.75) is 13.3 Å². The number of aromatic nitrogens is 1. The zero-order valence-corrected chi connectivity index (χ0v) is 9.78. The van der Waals surface area contributed by atoms with E-state index in [1.807, 2.05) is 0 Å². The van der Waals surface area contributed by atoms with Crippen LogP contribution in [0.1, 0.15) is 21.5 Å². The summed E-state index contributed by atoms with van der Waals surface area (Å²) in [4.78, 5) is 15.9. The van der Waals surface area contributed by atoms with Crippen molar-refractivity contribution in [3.05, 3.63) is 65.0 Å². The molecule has 92 valence electrons. The lowest BCUT2D eigenvalue weighted by Crippen LogP contribution is -2.06. The maximum atomic E-state index is 13.0. The third-order valence-corrected chi connectivity index (χ3v) is 2.69. The zero-order valence-electron chi connectivity index (χ0n) is 9.78. The van der Waals surface area contributed by atoms with Gasteiger partial charge in [0.15, 0.2) is 17.4 Å². The van der Waals surface area contributed by atoms with E-state index in [0.717, 1.165) is 17.7 Å². The van der Waals surface area contributed by atoms with Gasteiger partial charge in [-0.25, -0.2) is 8.78 Å². The number of ketones is 1. The molecule has 0 aliphatic rings. The Hall–Kier alpha value is -2.10. The van der Waals surface area contributed by atoms with Gasteiger partial charge >= 0.3 is 0 Å². The van der Waals surface area contributed by atoms with Gasteiger partial charge in [0.2, 0.25) is 0 Å². The molecular weight excluding hydrogens is 236 g/mol. The van der Waals surface area contributed by atoms with E-state index in [1.54, 1.807) is 19.2 Å². The van der Waals surface area contributed by atoms with Gasteiger partial charge in [-0.3, -0.25) is 9.78 Å². The topological polar surface area (TPSA) is 30.0 Å². The number of nitrogens with zero attached hydrogens (tertiary/aromatic N) is 1. The average molecular weight is 247 g/mol. The van der Waals surface area contributed by atoms with Crippen LogP contribution in [0.3, 0.4) is 0 Å². The lowest BCUT2D eigenvalue weighted by molar-refractivity contribution is 0.0992. The number of halogens is 2. The van der Waals surface area contributed by atoms with Crippen LogP contribution in [-0.4, -0.2) is 10.8 Å². The van der Waals surface area contributed by atoms with Crippen molar-refractivity contribution in [2.24, 2.45) is 0 Å². The Morgan fingerprint density at radius 2 is 2.00 bits per heavy atom. The first-order valence-electron chi connectivity index (χ1n) is 5.45. The largest absolute Gasteiger partial charge is 0.294 e. The molecule has 0 bridgehead atoms. The van der Waals surface area contributed by atoms with Gasteiger partial charge in [-0.2, -0.15) is 0 Å². The Morgan fingerprint density at radius 3 is 2.67 bits per heavy atom. The lowest BCUT2D eigenvalue weighted by atomic mass is 10.0. The van der Waals surface area contributed by atoms with E-state index in [9.17, 15) is 13.6 Å². The molecular formula is C14H11F2NO. The molecule has 0 aliphatic heterocycles. The van der Waals surface area contributed by atoms with Crippen molar-refractivity contribution in [3.63, 3.8) is 0 Å². The summed E-state index contributed by atoms with van der Waals surface area (Å²) in [5.41, 5.74) is 1.77. The third-order valence-electron chi connectivity index (χ3n) is 2.69. The van der Waals surface area contributed by atoms with Crippen molar-refractivity contribution in [1.82, 2.24) is 4.98 Å². The highest BCUT2D eigenvalue weighted by molar-refractivity contribution is 5.98. The molecule has 1 heterocycles. The second-order valence-electron chi connectivity index (χ2n) is 4.04. The standard InChI is InChI=1S/C14H11F2NO/c1-9-4-5-17-8-11(9)14(18)7-10-2-3-12(15)13(16)6-10/h2-6,8H,7H2,1H3. The van der Waals surface area contributed by atoms with Crippen molar-refractivity contribution < 1.29 is 13.6 Å². The summed E-state index contributed by atoms with van der Waals surface area (Å²) in [5, 5.41) is 0. The molecule has 0 unspecified atom stereocenters. The highest BCUT2D eigenvalue weighted by atomic mass is 19.2. The number of carbonyl (C=O) groups excluding carboxylic acids is 1. The normalized spacial score (nSPS) is 10.4. The summed E-state index contributed by atoms with van der Waals surface area (Å²) >= 11 is 0. The SMILES string of the molecule is Cc1ccncc1C(=O)Cc1ccc(F)c(F)c1. The quantitative estimate of drug-likeness (QED) is 0.780. The van der Waals surface area contributed by atoms with Crippen LogP contribution in [0.4, 0.5) is 8.78 Å². The second kappa shape index (κ2) is 5.04. The number of carbonyl (C=O) groups is 1. The number of pyridine rings is 1. The second-order valence-corrected chi connectivity index (χ2v) is 4.04. The first-order valence-corrected chi connectivity index (χ1v) is 5.45. The molecule has 18 heavy (non-hydrogen) atoms. The Balaban J connectivity index is 2.22. The molecule has 0 saturated heterocycles. The highest BCUT2D eigenvalue weighted by Crippen LogP contribution is 2.13. The monoisotopic (exact) mass is 247 g/mol. The van der Waals surface area contributed by atoms with Crippen LogP contribution in [0.15, 0.2) is 36.7 Å². The van der Waals surface area contributed by atoms with Gasteiger partial charge in [0.25, 0.3) is 0 Å². The molecule has 0 atom stereocenters. The van der Waals surface area contributed by atoms with Gasteiger partial charge < -0.3 is 0 Å². The maximum Gasteiger partial charge on any atom is 0.169 e. The molecule has 0 aliphatic carbocycles. The minimum Gasteiger partial charge on any atom is -0.294 e. The molecule has 2 aromatic rings. The van der Waals surface area contributed by atoms with Crippen molar-refractivity contribution >= 4 is 5.78 Å². The van der Waals surface area contributed by atoms with Crippen LogP contribution in [0, 0.1) is 18.6 Å². The van der Waals surface area contributed by atoms with Crippen LogP contribution in [-0.2, 0) is 6.42 Å². The number of hydrogen-bond acceptors (Lipinski definition) is 2. The molecule has 0 amide bonds. The van der Waals surface area contributed by atoms with Crippen molar-refractivity contribution in [1.29, 1.82) is 0 Å². The fourth-order valence-electron chi connectivity index (χ4n) is 1.69. The Kier molecular flexibility index (Phi) is 3.46. The highest BCUT2D eigenvalue weighted by Gasteiger charge is 2.11. The molecule has 0 spiro atoms. The van der Waals surface area contributed by atoms with Gasteiger partial charge in [0.05, 0.1) is 0 Å². The zero-order chi connectivity index (χ0) is 13.1. The van der Waals surface area contributed by atoms with Gasteiger partial charge in [-0.05, 0) is 36.2 Å². The predicted octanol–water partition coefficient (Wildman–Crippen LogP) is 3.09. The average Bonchev–Trinajstić information content (AvgIpc) is 2.34. The van der Waals surface area contributed by atoms with Gasteiger partial charge in [0.1, 0.15) is 0 Å². The summed E-state index contributed by atoms with van der Waals surface area (Å²) in [6.45, 7) is 1.81. The van der Waals surface area contributed by atoms with E-state index in [0.29, 0.717) is 11.1 Å². The molecule has 4 heteroatoms. The molecule has 2 nitrogen and oxygen atoms in total. The Labute approximate surface area is 103 Å². The van der Waals surface area contributed by atoms with Crippen LogP contribution in [0.2, 0.25) is 0 Å². The number of benzene rings is 1. The van der Waals surface area contributed by atoms with E-state index in [2.05, 4.69) is 4.98 Å². The van der Waals surface area contributed by atoms with Crippen LogP contribution in [0.5, 0.6) is 0 Å². The van der Waals surface area contributed by atoms with Crippen molar-refractivity contribution in [3.8, 4) is 0 Å². The first kappa shape index (κ1) is 12.4. The molecule has 0 N–H and O–H groups in total. The van der Waals surface area contributed by atoms with Crippen molar-refractivity contribution in [2.75, 3.05) is 0 Å². The van der Waals surface area contributed by atoms with E-state index in [-0.39, 0.29) is 12.2 Å². The maximum absolute atomic E-state index is 13.0. The van der Waals surface area contributed by atoms with E-state index < -0.39 is 11.6 Å². The summed E-state index contributed by atoms with van der Waals surface area (Å²) in [5.74, 6) is -2.02. The third kappa shape index (κ3) is 2.59. The van der Waals surface area contributed by atoms with E-state index >= 15 is 0 Å². The molecule has 0 radical (unpaired) electrons. The minimum absolute atomic E-state index is 0.0315. The smallest absolute Gasteiger partial charge is 0.169 e. The Bertz CT molecular complexity index is 596. The molecule has 0 saturated carbocycles. The van der Waals surface area contributed by atoms with Gasteiger partial charge in [0, 0.05) is 24.4 Å². The molecule has 1 aromatic heterocycles. The molecule has 0 fully saturated rings. The van der Waals surface area contributed by atoms with Crippen LogP contribution < -0.4 is 0 Å². The van der Waals surface area contributed by atoms with E-state index in [4.69, 9.17) is 0 Å². The number of hydrogen-bond donors (Lipinski definition) is 0. The summed E-state index contributed by atoms with van der Waals surface area (Å²) in [7, 11) is 0. The summed E-state index contributed by atoms with van der Waals surface area (Å²) in [6, 6.07) is 5.20. The number of aryl methyl sites for hydroxylation is 1. The van der Waals surface area contributed by atoms with Crippen LogP contribution >= 0.6 is 0 Å². The van der Waals surface area contributed by atoms with Crippen LogP contribution in [0.25, 0.3) is 0 Å². The van der Waals surface area contributed by atoms with E-state index in [1.165, 1.54) is 12.3 Å². The molecule has 1 aromatic carbocycles. The predicted molar refractivity (Wildman–Crippen MR) is 63.4 cm³/mol. The summed E-state index contributed by atoms with van der Waals surface area (Å²) in [6.07, 6.45) is 3.12. The minimum atomic E-state index is -0.941. The molecule has 2 rings (SSSR count). The number of Topliss-reactive ketones (excluding diaryl/α,β-unsaturated/α-hetero) is 1. The first-order chi connectivity index (χ1) is 8.58. The lowest BCUT2D eigenvalue weighted by Gasteiger charge is -2.04. The van der Waals surface area contributed by atoms with Gasteiger partial charge in [-0.1, -0.05) is 6.07 Å². The summed E-state index contributed by atoms with van der Waals surface area (Å²) < 4.78 is 25.8. The number of rotatable bonds is 3. The fourth-order valence-corrected chi connectivity index (χ4v) is 1.69. The van der Waals surface area contributed by atoms with Gasteiger partial charge in [-0.15, -0.1) is 0 Å². The fraction of sp³-hybridized carbons (Fsp3) is 0.143. The Morgan fingerprint density at radius 1 is 1.22 bits per heavy atom.